The summed E-state index contributed by atoms with van der Waals surface area (Å²) in [7, 11) is 0. The molecule has 3 N–H and O–H groups in total. The molecule has 1 aliphatic carbocycles. The Labute approximate surface area is 107 Å². The number of phenols is 1. The first kappa shape index (κ1) is 12.9. The predicted molar refractivity (Wildman–Crippen MR) is 68.2 cm³/mol. The summed E-state index contributed by atoms with van der Waals surface area (Å²) in [5.41, 5.74) is 0.356. The van der Waals surface area contributed by atoms with Gasteiger partial charge in [0.05, 0.1) is 18.6 Å². The minimum absolute atomic E-state index is 0.0288. The van der Waals surface area contributed by atoms with Crippen LogP contribution in [0.15, 0.2) is 24.3 Å². The van der Waals surface area contributed by atoms with Crippen molar-refractivity contribution in [3.8, 4) is 5.75 Å². The highest BCUT2D eigenvalue weighted by atomic mass is 16.3. The van der Waals surface area contributed by atoms with Crippen LogP contribution in [0, 0.1) is 5.92 Å². The molecular formula is C14H19NO3. The molecule has 1 unspecified atom stereocenters. The van der Waals surface area contributed by atoms with Crippen molar-refractivity contribution in [2.24, 2.45) is 5.92 Å². The molecule has 0 spiro atoms. The zero-order valence-corrected chi connectivity index (χ0v) is 10.5. The third kappa shape index (κ3) is 3.01. The van der Waals surface area contributed by atoms with Gasteiger partial charge in [0.25, 0.3) is 0 Å². The molecule has 1 fully saturated rings. The first-order valence-corrected chi connectivity index (χ1v) is 6.23. The molecule has 0 bridgehead atoms. The van der Waals surface area contributed by atoms with E-state index in [0.29, 0.717) is 5.92 Å². The molecule has 2 rings (SSSR count). The second-order valence-corrected chi connectivity index (χ2v) is 5.24. The first-order chi connectivity index (χ1) is 8.53. The summed E-state index contributed by atoms with van der Waals surface area (Å²) < 4.78 is 0. The molecular weight excluding hydrogens is 230 g/mol. The number of benzene rings is 1. The van der Waals surface area contributed by atoms with Crippen LogP contribution in [0.5, 0.6) is 5.75 Å². The van der Waals surface area contributed by atoms with Crippen LogP contribution in [0.2, 0.25) is 0 Å². The smallest absolute Gasteiger partial charge is 0.224 e. The van der Waals surface area contributed by atoms with Crippen LogP contribution in [0.1, 0.15) is 25.3 Å². The van der Waals surface area contributed by atoms with Gasteiger partial charge in [0.15, 0.2) is 0 Å². The maximum atomic E-state index is 11.9. The minimum atomic E-state index is -0.492. The summed E-state index contributed by atoms with van der Waals surface area (Å²) >= 11 is 0. The normalized spacial score (nSPS) is 18.1. The van der Waals surface area contributed by atoms with Crippen LogP contribution >= 0.6 is 0 Å². The second kappa shape index (κ2) is 4.98. The molecule has 1 atom stereocenters. The van der Waals surface area contributed by atoms with Gasteiger partial charge in [-0.05, 0) is 43.4 Å². The Morgan fingerprint density at radius 3 is 2.50 bits per heavy atom. The number of amides is 1. The highest BCUT2D eigenvalue weighted by molar-refractivity contribution is 5.79. The average Bonchev–Trinajstić information content (AvgIpc) is 3.16. The highest BCUT2D eigenvalue weighted by Crippen LogP contribution is 2.39. The van der Waals surface area contributed by atoms with Crippen molar-refractivity contribution in [1.82, 2.24) is 5.32 Å². The maximum absolute atomic E-state index is 11.9. The van der Waals surface area contributed by atoms with Crippen molar-refractivity contribution in [3.05, 3.63) is 29.8 Å². The number of aromatic hydroxyl groups is 1. The topological polar surface area (TPSA) is 69.6 Å². The number of rotatable bonds is 5. The van der Waals surface area contributed by atoms with Crippen molar-refractivity contribution in [1.29, 1.82) is 0 Å². The number of aliphatic hydroxyl groups is 1. The Morgan fingerprint density at radius 1 is 1.39 bits per heavy atom. The summed E-state index contributed by atoms with van der Waals surface area (Å²) in [5, 5.41) is 21.5. The number of carbonyl (C=O) groups is 1. The Hall–Kier alpha value is -1.55. The molecule has 1 aliphatic rings. The molecule has 0 saturated heterocycles. The lowest BCUT2D eigenvalue weighted by molar-refractivity contribution is -0.123. The summed E-state index contributed by atoms with van der Waals surface area (Å²) in [5.74, 6) is 0.493. The van der Waals surface area contributed by atoms with Gasteiger partial charge >= 0.3 is 0 Å². The molecule has 18 heavy (non-hydrogen) atoms. The van der Waals surface area contributed by atoms with Gasteiger partial charge in [-0.15, -0.1) is 0 Å². The molecule has 0 heterocycles. The molecule has 4 nitrogen and oxygen atoms in total. The lowest BCUT2D eigenvalue weighted by Gasteiger charge is -2.28. The van der Waals surface area contributed by atoms with Gasteiger partial charge in [0, 0.05) is 0 Å². The number of aliphatic hydroxyl groups excluding tert-OH is 1. The Bertz CT molecular complexity index is 425. The Kier molecular flexibility index (Phi) is 3.57. The Morgan fingerprint density at radius 2 is 2.00 bits per heavy atom. The predicted octanol–water partition coefficient (Wildman–Crippen LogP) is 1.21. The van der Waals surface area contributed by atoms with Gasteiger partial charge in [0.1, 0.15) is 5.75 Å². The quantitative estimate of drug-likeness (QED) is 0.734. The van der Waals surface area contributed by atoms with Crippen molar-refractivity contribution in [2.45, 2.75) is 31.7 Å². The Balaban J connectivity index is 1.93. The van der Waals surface area contributed by atoms with E-state index in [9.17, 15) is 9.90 Å². The van der Waals surface area contributed by atoms with E-state index in [0.717, 1.165) is 18.4 Å². The van der Waals surface area contributed by atoms with Gasteiger partial charge in [-0.2, -0.15) is 0 Å². The largest absolute Gasteiger partial charge is 0.508 e. The lowest BCUT2D eigenvalue weighted by Crippen LogP contribution is -2.51. The van der Waals surface area contributed by atoms with E-state index in [4.69, 9.17) is 5.11 Å². The van der Waals surface area contributed by atoms with E-state index >= 15 is 0 Å². The summed E-state index contributed by atoms with van der Waals surface area (Å²) in [6.45, 7) is 1.86. The molecule has 1 aromatic carbocycles. The van der Waals surface area contributed by atoms with Crippen molar-refractivity contribution in [2.75, 3.05) is 6.61 Å². The number of phenolic OH excluding ortho intramolecular Hbond substituents is 1. The van der Waals surface area contributed by atoms with Crippen molar-refractivity contribution < 1.29 is 15.0 Å². The van der Waals surface area contributed by atoms with Crippen LogP contribution in [0.3, 0.4) is 0 Å². The number of hydrogen-bond donors (Lipinski definition) is 3. The average molecular weight is 249 g/mol. The van der Waals surface area contributed by atoms with Crippen LogP contribution < -0.4 is 5.32 Å². The summed E-state index contributed by atoms with van der Waals surface area (Å²) in [6.07, 6.45) is 2.40. The van der Waals surface area contributed by atoms with Gasteiger partial charge in [0.2, 0.25) is 5.91 Å². The molecule has 1 aromatic rings. The molecule has 1 amide bonds. The summed E-state index contributed by atoms with van der Waals surface area (Å²) in [6, 6.07) is 6.58. The number of carbonyl (C=O) groups excluding carboxylic acids is 1. The number of hydrogen-bond acceptors (Lipinski definition) is 3. The van der Waals surface area contributed by atoms with Gasteiger partial charge < -0.3 is 15.5 Å². The molecule has 98 valence electrons. The molecule has 0 radical (unpaired) electrons. The third-order valence-corrected chi connectivity index (χ3v) is 3.53. The van der Waals surface area contributed by atoms with E-state index in [2.05, 4.69) is 5.32 Å². The van der Waals surface area contributed by atoms with Crippen LogP contribution in [0.25, 0.3) is 0 Å². The lowest BCUT2D eigenvalue weighted by atomic mass is 9.96. The van der Waals surface area contributed by atoms with Crippen molar-refractivity contribution >= 4 is 5.91 Å². The standard InChI is InChI=1S/C14H19NO3/c1-14(9-16,11-4-5-11)15-13(18)8-10-2-6-12(17)7-3-10/h2-3,6-7,11,16-17H,4-5,8-9H2,1H3,(H,15,18). The number of nitrogens with one attached hydrogen (secondary N) is 1. The fraction of sp³-hybridized carbons (Fsp3) is 0.500. The van der Waals surface area contributed by atoms with E-state index in [1.165, 1.54) is 0 Å². The van der Waals surface area contributed by atoms with E-state index in [-0.39, 0.29) is 24.7 Å². The monoisotopic (exact) mass is 249 g/mol. The zero-order chi connectivity index (χ0) is 13.2. The SMILES string of the molecule is CC(CO)(NC(=O)Cc1ccc(O)cc1)C1CC1. The van der Waals surface area contributed by atoms with E-state index in [1.807, 2.05) is 6.92 Å². The van der Waals surface area contributed by atoms with Crippen LogP contribution in [0.4, 0.5) is 0 Å². The third-order valence-electron chi connectivity index (χ3n) is 3.53. The molecule has 0 aromatic heterocycles. The molecule has 0 aliphatic heterocycles. The first-order valence-electron chi connectivity index (χ1n) is 6.23. The summed E-state index contributed by atoms with van der Waals surface area (Å²) in [4.78, 5) is 11.9. The fourth-order valence-electron chi connectivity index (χ4n) is 2.15. The molecule has 1 saturated carbocycles. The second-order valence-electron chi connectivity index (χ2n) is 5.24. The minimum Gasteiger partial charge on any atom is -0.508 e. The van der Waals surface area contributed by atoms with Gasteiger partial charge in [-0.3, -0.25) is 4.79 Å². The molecule has 4 heteroatoms. The van der Waals surface area contributed by atoms with Gasteiger partial charge in [-0.1, -0.05) is 12.1 Å². The zero-order valence-electron chi connectivity index (χ0n) is 10.5. The van der Waals surface area contributed by atoms with Crippen LogP contribution in [-0.2, 0) is 11.2 Å². The van der Waals surface area contributed by atoms with E-state index < -0.39 is 5.54 Å². The highest BCUT2D eigenvalue weighted by Gasteiger charge is 2.41. The maximum Gasteiger partial charge on any atom is 0.224 e. The van der Waals surface area contributed by atoms with Crippen LogP contribution in [-0.4, -0.2) is 28.3 Å². The van der Waals surface area contributed by atoms with Crippen molar-refractivity contribution in [3.63, 3.8) is 0 Å². The van der Waals surface area contributed by atoms with Gasteiger partial charge in [-0.25, -0.2) is 0 Å². The fourth-order valence-corrected chi connectivity index (χ4v) is 2.15. The van der Waals surface area contributed by atoms with E-state index in [1.54, 1.807) is 24.3 Å².